The zero-order chi connectivity index (χ0) is 17.2. The molecule has 3 fully saturated rings. The molecule has 132 valence electrons. The van der Waals surface area contributed by atoms with E-state index < -0.39 is 11.0 Å². The Morgan fingerprint density at radius 2 is 2.12 bits per heavy atom. The van der Waals surface area contributed by atoms with E-state index in [1.165, 1.54) is 0 Å². The highest BCUT2D eigenvalue weighted by atomic mass is 16.6. The van der Waals surface area contributed by atoms with Gasteiger partial charge in [-0.25, -0.2) is 0 Å². The third-order valence-corrected chi connectivity index (χ3v) is 7.63. The van der Waals surface area contributed by atoms with Gasteiger partial charge in [-0.05, 0) is 56.6 Å². The molecule has 4 heteroatoms. The van der Waals surface area contributed by atoms with Gasteiger partial charge in [0.25, 0.3) is 0 Å². The SMILES string of the molecule is C[C@@H]1C[C@H]2OC(=O)[C@]3(C)CCC[C@@](C)([C@H]23)[C@]1(O)CCc1ccoc1. The number of esters is 1. The molecule has 0 amide bonds. The highest BCUT2D eigenvalue weighted by molar-refractivity contribution is 5.80. The molecule has 4 nitrogen and oxygen atoms in total. The van der Waals surface area contributed by atoms with E-state index in [2.05, 4.69) is 20.8 Å². The normalized spacial score (nSPS) is 47.3. The van der Waals surface area contributed by atoms with Crippen molar-refractivity contribution in [3.63, 3.8) is 0 Å². The van der Waals surface area contributed by atoms with Crippen LogP contribution < -0.4 is 0 Å². The van der Waals surface area contributed by atoms with Gasteiger partial charge >= 0.3 is 5.97 Å². The van der Waals surface area contributed by atoms with Crippen molar-refractivity contribution in [2.24, 2.45) is 22.7 Å². The third kappa shape index (κ3) is 1.92. The van der Waals surface area contributed by atoms with Crippen LogP contribution in [0.2, 0.25) is 0 Å². The molecule has 1 N–H and O–H groups in total. The van der Waals surface area contributed by atoms with Crippen molar-refractivity contribution >= 4 is 5.97 Å². The number of aryl methyl sites for hydroxylation is 1. The van der Waals surface area contributed by atoms with Crippen LogP contribution in [0.1, 0.15) is 58.4 Å². The van der Waals surface area contributed by atoms with Gasteiger partial charge in [0.2, 0.25) is 0 Å². The Morgan fingerprint density at radius 3 is 2.83 bits per heavy atom. The Balaban J connectivity index is 1.70. The lowest BCUT2D eigenvalue weighted by atomic mass is 9.44. The number of hydrogen-bond donors (Lipinski definition) is 1. The van der Waals surface area contributed by atoms with Gasteiger partial charge in [0, 0.05) is 11.3 Å². The average molecular weight is 332 g/mol. The first-order valence-electron chi connectivity index (χ1n) is 9.26. The van der Waals surface area contributed by atoms with Gasteiger partial charge in [-0.3, -0.25) is 4.79 Å². The summed E-state index contributed by atoms with van der Waals surface area (Å²) in [5.41, 5.74) is -0.362. The molecule has 1 saturated heterocycles. The lowest BCUT2D eigenvalue weighted by Gasteiger charge is -2.61. The first-order chi connectivity index (χ1) is 11.3. The Labute approximate surface area is 143 Å². The van der Waals surface area contributed by atoms with E-state index in [9.17, 15) is 9.90 Å². The molecule has 0 unspecified atom stereocenters. The van der Waals surface area contributed by atoms with Crippen LogP contribution in [0.25, 0.3) is 0 Å². The monoisotopic (exact) mass is 332 g/mol. The zero-order valence-electron chi connectivity index (χ0n) is 14.9. The van der Waals surface area contributed by atoms with Crippen LogP contribution in [0.5, 0.6) is 0 Å². The fraction of sp³-hybridized carbons (Fsp3) is 0.750. The Morgan fingerprint density at radius 1 is 1.33 bits per heavy atom. The third-order valence-electron chi connectivity index (χ3n) is 7.63. The van der Waals surface area contributed by atoms with E-state index in [1.54, 1.807) is 12.5 Å². The van der Waals surface area contributed by atoms with Crippen LogP contribution in [0.4, 0.5) is 0 Å². The minimum absolute atomic E-state index is 0.0306. The largest absolute Gasteiger partial charge is 0.472 e. The summed E-state index contributed by atoms with van der Waals surface area (Å²) in [6.45, 7) is 6.38. The van der Waals surface area contributed by atoms with Crippen LogP contribution >= 0.6 is 0 Å². The summed E-state index contributed by atoms with van der Waals surface area (Å²) in [5.74, 6) is 0.190. The number of rotatable bonds is 3. The molecule has 1 aromatic rings. The van der Waals surface area contributed by atoms with Crippen LogP contribution in [-0.4, -0.2) is 22.8 Å². The molecule has 0 radical (unpaired) electrons. The van der Waals surface area contributed by atoms with E-state index in [0.29, 0.717) is 6.42 Å². The molecular weight excluding hydrogens is 304 g/mol. The molecule has 24 heavy (non-hydrogen) atoms. The van der Waals surface area contributed by atoms with Crippen molar-refractivity contribution in [2.45, 2.75) is 71.0 Å². The number of carbonyl (C=O) groups excluding carboxylic acids is 1. The topological polar surface area (TPSA) is 59.7 Å². The highest BCUT2D eigenvalue weighted by Gasteiger charge is 2.70. The molecule has 2 heterocycles. The summed E-state index contributed by atoms with van der Waals surface area (Å²) in [7, 11) is 0. The summed E-state index contributed by atoms with van der Waals surface area (Å²) in [6, 6.07) is 1.97. The average Bonchev–Trinajstić information content (AvgIpc) is 3.12. The van der Waals surface area contributed by atoms with Crippen molar-refractivity contribution in [1.29, 1.82) is 0 Å². The van der Waals surface area contributed by atoms with Gasteiger partial charge in [0.15, 0.2) is 0 Å². The number of furan rings is 1. The fourth-order valence-corrected chi connectivity index (χ4v) is 6.30. The molecule has 1 aromatic heterocycles. The van der Waals surface area contributed by atoms with Crippen LogP contribution in [0, 0.1) is 22.7 Å². The summed E-state index contributed by atoms with van der Waals surface area (Å²) < 4.78 is 11.0. The lowest BCUT2D eigenvalue weighted by Crippen LogP contribution is -2.65. The Hall–Kier alpha value is -1.29. The van der Waals surface area contributed by atoms with Gasteiger partial charge in [0.05, 0.1) is 23.5 Å². The number of hydrogen-bond acceptors (Lipinski definition) is 4. The van der Waals surface area contributed by atoms with Crippen molar-refractivity contribution in [2.75, 3.05) is 0 Å². The second-order valence-electron chi connectivity index (χ2n) is 8.80. The highest BCUT2D eigenvalue weighted by Crippen LogP contribution is 2.67. The van der Waals surface area contributed by atoms with Crippen LogP contribution in [-0.2, 0) is 16.0 Å². The maximum absolute atomic E-state index is 12.6. The lowest BCUT2D eigenvalue weighted by molar-refractivity contribution is -0.217. The molecule has 2 saturated carbocycles. The zero-order valence-corrected chi connectivity index (χ0v) is 14.9. The van der Waals surface area contributed by atoms with E-state index in [1.807, 2.05) is 6.07 Å². The van der Waals surface area contributed by atoms with Crippen LogP contribution in [0.15, 0.2) is 23.0 Å². The van der Waals surface area contributed by atoms with E-state index in [-0.39, 0.29) is 29.3 Å². The minimum atomic E-state index is -0.777. The minimum Gasteiger partial charge on any atom is -0.472 e. The standard InChI is InChI=1S/C20H28O4/c1-13-11-15-16-18(2,17(21)24-15)7-4-8-19(16,3)20(13,22)9-5-14-6-10-23-12-14/h6,10,12-13,15-16,22H,4-5,7-9,11H2,1-3H3/t13-,15-,16-,18-,19+,20+/m1/s1. The number of carbonyl (C=O) groups is 1. The second kappa shape index (κ2) is 5.10. The molecule has 3 aliphatic rings. The van der Waals surface area contributed by atoms with E-state index in [4.69, 9.17) is 9.15 Å². The van der Waals surface area contributed by atoms with Crippen molar-refractivity contribution in [1.82, 2.24) is 0 Å². The summed E-state index contributed by atoms with van der Waals surface area (Å²) in [4.78, 5) is 12.6. The summed E-state index contributed by atoms with van der Waals surface area (Å²) >= 11 is 0. The summed E-state index contributed by atoms with van der Waals surface area (Å²) in [5, 5.41) is 11.9. The first-order valence-corrected chi connectivity index (χ1v) is 9.26. The van der Waals surface area contributed by atoms with Crippen molar-refractivity contribution in [3.8, 4) is 0 Å². The molecule has 6 atom stereocenters. The van der Waals surface area contributed by atoms with E-state index >= 15 is 0 Å². The number of ether oxygens (including phenoxy) is 1. The Bertz CT molecular complexity index is 638. The molecule has 0 spiro atoms. The molecular formula is C20H28O4. The summed E-state index contributed by atoms with van der Waals surface area (Å²) in [6.07, 6.45) is 8.51. The fourth-order valence-electron chi connectivity index (χ4n) is 6.30. The molecule has 4 rings (SSSR count). The second-order valence-corrected chi connectivity index (χ2v) is 8.80. The van der Waals surface area contributed by atoms with Gasteiger partial charge in [0.1, 0.15) is 6.10 Å². The predicted molar refractivity (Wildman–Crippen MR) is 89.2 cm³/mol. The predicted octanol–water partition coefficient (Wildman–Crippen LogP) is 3.72. The molecule has 1 aliphatic heterocycles. The Kier molecular flexibility index (Phi) is 3.44. The van der Waals surface area contributed by atoms with Gasteiger partial charge in [-0.15, -0.1) is 0 Å². The quantitative estimate of drug-likeness (QED) is 0.857. The van der Waals surface area contributed by atoms with E-state index in [0.717, 1.165) is 37.7 Å². The maximum atomic E-state index is 12.6. The smallest absolute Gasteiger partial charge is 0.312 e. The first kappa shape index (κ1) is 16.2. The molecule has 0 aromatic carbocycles. The maximum Gasteiger partial charge on any atom is 0.312 e. The van der Waals surface area contributed by atoms with Gasteiger partial charge in [-0.2, -0.15) is 0 Å². The number of aliphatic hydroxyl groups is 1. The van der Waals surface area contributed by atoms with Crippen molar-refractivity contribution in [3.05, 3.63) is 24.2 Å². The van der Waals surface area contributed by atoms with Crippen LogP contribution in [0.3, 0.4) is 0 Å². The van der Waals surface area contributed by atoms with Gasteiger partial charge in [-0.1, -0.05) is 20.3 Å². The van der Waals surface area contributed by atoms with Gasteiger partial charge < -0.3 is 14.3 Å². The molecule has 0 bridgehead atoms. The molecule has 2 aliphatic carbocycles. The van der Waals surface area contributed by atoms with Crippen molar-refractivity contribution < 1.29 is 19.1 Å².